The maximum Gasteiger partial charge on any atom is 0.341 e. The summed E-state index contributed by atoms with van der Waals surface area (Å²) >= 11 is 0. The molecule has 0 bridgehead atoms. The molecule has 0 saturated heterocycles. The number of ether oxygens (including phenoxy) is 1. The van der Waals surface area contributed by atoms with E-state index >= 15 is 0 Å². The minimum Gasteiger partial charge on any atom is -0.477 e. The lowest BCUT2D eigenvalue weighted by Crippen LogP contribution is -2.03. The van der Waals surface area contributed by atoms with Crippen molar-refractivity contribution in [3.05, 3.63) is 47.7 Å². The Balaban J connectivity index is 2.40. The molecule has 92 valence electrons. The van der Waals surface area contributed by atoms with Gasteiger partial charge >= 0.3 is 5.97 Å². The van der Waals surface area contributed by atoms with E-state index in [1.807, 2.05) is 0 Å². The molecule has 0 aliphatic carbocycles. The zero-order chi connectivity index (χ0) is 13.1. The van der Waals surface area contributed by atoms with Crippen molar-refractivity contribution in [2.24, 2.45) is 0 Å². The average molecular weight is 252 g/mol. The van der Waals surface area contributed by atoms with Crippen molar-refractivity contribution in [2.75, 3.05) is 0 Å². The van der Waals surface area contributed by atoms with Crippen LogP contribution in [-0.2, 0) is 0 Å². The Labute approximate surface area is 99.7 Å². The molecule has 1 heterocycles. The third-order valence-electron chi connectivity index (χ3n) is 2.02. The first-order valence-corrected chi connectivity index (χ1v) is 4.76. The fourth-order valence-electron chi connectivity index (χ4n) is 1.22. The monoisotopic (exact) mass is 252 g/mol. The van der Waals surface area contributed by atoms with Crippen LogP contribution in [0.4, 0.5) is 8.78 Å². The zero-order valence-electron chi connectivity index (χ0n) is 8.80. The summed E-state index contributed by atoms with van der Waals surface area (Å²) in [6.45, 7) is 0. The van der Waals surface area contributed by atoms with Crippen molar-refractivity contribution in [1.82, 2.24) is 10.2 Å². The largest absolute Gasteiger partial charge is 0.477 e. The molecule has 0 saturated carbocycles. The standard InChI is InChI=1S/C11H6F2N2O3/c12-6-1-2-8(13)9(5-6)18-10-7(11(16)17)3-4-14-15-10/h1-5H,(H,16,17). The highest BCUT2D eigenvalue weighted by atomic mass is 19.1. The number of carboxylic acid groups (broad SMARTS) is 1. The Kier molecular flexibility index (Phi) is 3.13. The molecule has 1 aromatic heterocycles. The highest BCUT2D eigenvalue weighted by Gasteiger charge is 2.15. The minimum absolute atomic E-state index is 0.298. The predicted molar refractivity (Wildman–Crippen MR) is 55.4 cm³/mol. The Hall–Kier alpha value is -2.57. The van der Waals surface area contributed by atoms with Crippen molar-refractivity contribution in [3.63, 3.8) is 0 Å². The van der Waals surface area contributed by atoms with Gasteiger partial charge in [0, 0.05) is 6.07 Å². The van der Waals surface area contributed by atoms with Crippen LogP contribution in [0.15, 0.2) is 30.5 Å². The van der Waals surface area contributed by atoms with Gasteiger partial charge in [-0.3, -0.25) is 0 Å². The van der Waals surface area contributed by atoms with E-state index in [2.05, 4.69) is 10.2 Å². The molecule has 1 N–H and O–H groups in total. The third-order valence-corrected chi connectivity index (χ3v) is 2.02. The molecular formula is C11H6F2N2O3. The number of aromatic nitrogens is 2. The van der Waals surface area contributed by atoms with Gasteiger partial charge in [0.15, 0.2) is 11.6 Å². The van der Waals surface area contributed by atoms with Gasteiger partial charge in [-0.15, -0.1) is 5.10 Å². The molecule has 0 spiro atoms. The van der Waals surface area contributed by atoms with E-state index in [1.54, 1.807) is 0 Å². The van der Waals surface area contributed by atoms with Gasteiger partial charge in [0.1, 0.15) is 11.4 Å². The Bertz CT molecular complexity index is 605. The summed E-state index contributed by atoms with van der Waals surface area (Å²) in [5.41, 5.74) is -0.298. The molecule has 0 fully saturated rings. The van der Waals surface area contributed by atoms with E-state index in [0.717, 1.165) is 30.5 Å². The second-order valence-corrected chi connectivity index (χ2v) is 3.23. The van der Waals surface area contributed by atoms with Crippen LogP contribution in [-0.4, -0.2) is 21.3 Å². The summed E-state index contributed by atoms with van der Waals surface area (Å²) in [5, 5.41) is 15.7. The molecule has 18 heavy (non-hydrogen) atoms. The first-order valence-electron chi connectivity index (χ1n) is 4.76. The minimum atomic E-state index is -1.31. The fourth-order valence-corrected chi connectivity index (χ4v) is 1.22. The summed E-state index contributed by atoms with van der Waals surface area (Å²) < 4.78 is 31.1. The Morgan fingerprint density at radius 2 is 2.06 bits per heavy atom. The Morgan fingerprint density at radius 1 is 1.28 bits per heavy atom. The van der Waals surface area contributed by atoms with E-state index in [0.29, 0.717) is 0 Å². The molecular weight excluding hydrogens is 246 g/mol. The molecule has 0 unspecified atom stereocenters. The maximum absolute atomic E-state index is 13.3. The lowest BCUT2D eigenvalue weighted by atomic mass is 10.3. The SMILES string of the molecule is O=C(O)c1ccnnc1Oc1cc(F)ccc1F. The van der Waals surface area contributed by atoms with Gasteiger partial charge in [0.25, 0.3) is 5.88 Å². The second-order valence-electron chi connectivity index (χ2n) is 3.23. The average Bonchev–Trinajstić information content (AvgIpc) is 2.34. The van der Waals surface area contributed by atoms with Crippen LogP contribution in [0, 0.1) is 11.6 Å². The number of aromatic carboxylic acids is 1. The summed E-state index contributed by atoms with van der Waals surface area (Å²) in [7, 11) is 0. The number of carbonyl (C=O) groups is 1. The van der Waals surface area contributed by atoms with E-state index < -0.39 is 29.2 Å². The summed E-state index contributed by atoms with van der Waals surface area (Å²) in [4.78, 5) is 10.8. The van der Waals surface area contributed by atoms with Crippen LogP contribution in [0.1, 0.15) is 10.4 Å². The number of rotatable bonds is 3. The number of hydrogen-bond donors (Lipinski definition) is 1. The number of carboxylic acids is 1. The predicted octanol–water partition coefficient (Wildman–Crippen LogP) is 2.25. The van der Waals surface area contributed by atoms with Crippen LogP contribution >= 0.6 is 0 Å². The molecule has 2 rings (SSSR count). The molecule has 2 aromatic rings. The summed E-state index contributed by atoms with van der Waals surface area (Å²) in [6, 6.07) is 3.70. The Morgan fingerprint density at radius 3 is 2.78 bits per heavy atom. The number of halogens is 2. The number of hydrogen-bond acceptors (Lipinski definition) is 4. The van der Waals surface area contributed by atoms with Crippen LogP contribution in [0.3, 0.4) is 0 Å². The van der Waals surface area contributed by atoms with Crippen molar-refractivity contribution >= 4 is 5.97 Å². The lowest BCUT2D eigenvalue weighted by molar-refractivity contribution is 0.0693. The topological polar surface area (TPSA) is 72.3 Å². The van der Waals surface area contributed by atoms with Crippen molar-refractivity contribution in [1.29, 1.82) is 0 Å². The van der Waals surface area contributed by atoms with Crippen molar-refractivity contribution < 1.29 is 23.4 Å². The number of benzene rings is 1. The molecule has 0 amide bonds. The smallest absolute Gasteiger partial charge is 0.341 e. The molecule has 1 aromatic carbocycles. The van der Waals surface area contributed by atoms with Gasteiger partial charge < -0.3 is 9.84 Å². The second kappa shape index (κ2) is 4.74. The highest BCUT2D eigenvalue weighted by molar-refractivity contribution is 5.90. The summed E-state index contributed by atoms with van der Waals surface area (Å²) in [6.07, 6.45) is 1.15. The third kappa shape index (κ3) is 2.40. The molecule has 0 atom stereocenters. The van der Waals surface area contributed by atoms with Crippen molar-refractivity contribution in [2.45, 2.75) is 0 Å². The van der Waals surface area contributed by atoms with E-state index in [1.165, 1.54) is 0 Å². The number of nitrogens with zero attached hydrogens (tertiary/aromatic N) is 2. The summed E-state index contributed by atoms with van der Waals surface area (Å²) in [5.74, 6) is -3.73. The molecule has 5 nitrogen and oxygen atoms in total. The van der Waals surface area contributed by atoms with E-state index in [4.69, 9.17) is 9.84 Å². The van der Waals surface area contributed by atoms with Gasteiger partial charge in [-0.1, -0.05) is 0 Å². The molecule has 7 heteroatoms. The first kappa shape index (κ1) is 11.9. The van der Waals surface area contributed by atoms with Gasteiger partial charge in [-0.05, 0) is 18.2 Å². The maximum atomic E-state index is 13.3. The van der Waals surface area contributed by atoms with Crippen LogP contribution in [0.5, 0.6) is 11.6 Å². The molecule has 0 radical (unpaired) electrons. The molecule has 0 aliphatic heterocycles. The van der Waals surface area contributed by atoms with Gasteiger partial charge in [0.05, 0.1) is 6.20 Å². The molecule has 0 aliphatic rings. The quantitative estimate of drug-likeness (QED) is 0.906. The van der Waals surface area contributed by atoms with Crippen LogP contribution in [0.25, 0.3) is 0 Å². The van der Waals surface area contributed by atoms with Crippen LogP contribution < -0.4 is 4.74 Å². The normalized spacial score (nSPS) is 10.1. The lowest BCUT2D eigenvalue weighted by Gasteiger charge is -2.07. The first-order chi connectivity index (χ1) is 8.58. The highest BCUT2D eigenvalue weighted by Crippen LogP contribution is 2.25. The van der Waals surface area contributed by atoms with Gasteiger partial charge in [0.2, 0.25) is 0 Å². The fraction of sp³-hybridized carbons (Fsp3) is 0. The van der Waals surface area contributed by atoms with E-state index in [-0.39, 0.29) is 5.56 Å². The van der Waals surface area contributed by atoms with Gasteiger partial charge in [-0.25, -0.2) is 13.6 Å². The van der Waals surface area contributed by atoms with E-state index in [9.17, 15) is 13.6 Å². The van der Waals surface area contributed by atoms with Gasteiger partial charge in [-0.2, -0.15) is 5.10 Å². The zero-order valence-corrected chi connectivity index (χ0v) is 8.80. The van der Waals surface area contributed by atoms with Crippen LogP contribution in [0.2, 0.25) is 0 Å². The van der Waals surface area contributed by atoms with Crippen molar-refractivity contribution in [3.8, 4) is 11.6 Å².